The highest BCUT2D eigenvalue weighted by atomic mass is 19.1. The van der Waals surface area contributed by atoms with Gasteiger partial charge in [0.2, 0.25) is 0 Å². The van der Waals surface area contributed by atoms with Gasteiger partial charge in [0.1, 0.15) is 12.4 Å². The van der Waals surface area contributed by atoms with E-state index in [-0.39, 0.29) is 24.0 Å². The van der Waals surface area contributed by atoms with E-state index in [2.05, 4.69) is 5.32 Å². The van der Waals surface area contributed by atoms with E-state index in [9.17, 15) is 19.3 Å². The number of likely N-dealkylation sites (N-methyl/N-ethyl adjacent to an activating group) is 1. The molecule has 2 aromatic carbocycles. The molecule has 126 valence electrons. The summed E-state index contributed by atoms with van der Waals surface area (Å²) in [6, 6.07) is 10.6. The first-order valence-electron chi connectivity index (χ1n) is 7.46. The zero-order valence-electron chi connectivity index (χ0n) is 13.5. The van der Waals surface area contributed by atoms with E-state index >= 15 is 0 Å². The van der Waals surface area contributed by atoms with Crippen molar-refractivity contribution in [2.24, 2.45) is 0 Å². The molecule has 0 heterocycles. The molecular formula is C17H19FN3O3+. The molecule has 0 saturated heterocycles. The van der Waals surface area contributed by atoms with Crippen molar-refractivity contribution in [3.05, 3.63) is 69.5 Å². The Morgan fingerprint density at radius 1 is 1.29 bits per heavy atom. The lowest BCUT2D eigenvalue weighted by Crippen LogP contribution is -3.08. The Labute approximate surface area is 139 Å². The van der Waals surface area contributed by atoms with Crippen LogP contribution in [0, 0.1) is 22.9 Å². The van der Waals surface area contributed by atoms with Crippen molar-refractivity contribution in [3.63, 3.8) is 0 Å². The van der Waals surface area contributed by atoms with E-state index in [1.54, 1.807) is 13.0 Å². The number of hydrogen-bond acceptors (Lipinski definition) is 3. The van der Waals surface area contributed by atoms with Gasteiger partial charge in [0, 0.05) is 23.4 Å². The minimum Gasteiger partial charge on any atom is -0.326 e. The van der Waals surface area contributed by atoms with E-state index in [0.717, 1.165) is 10.5 Å². The molecule has 0 radical (unpaired) electrons. The van der Waals surface area contributed by atoms with Crippen LogP contribution in [0.15, 0.2) is 42.5 Å². The summed E-state index contributed by atoms with van der Waals surface area (Å²) < 4.78 is 13.2. The molecule has 0 aliphatic rings. The first-order chi connectivity index (χ1) is 11.3. The number of rotatable bonds is 6. The number of nitro benzene ring substituents is 1. The lowest BCUT2D eigenvalue weighted by Gasteiger charge is -2.14. The number of quaternary nitrogens is 1. The fourth-order valence-electron chi connectivity index (χ4n) is 2.43. The van der Waals surface area contributed by atoms with Crippen LogP contribution < -0.4 is 10.2 Å². The van der Waals surface area contributed by atoms with Crippen LogP contribution in [0.4, 0.5) is 15.8 Å². The standard InChI is InChI=1S/C17H18FN3O3/c1-12-8-15(21(23)24)6-7-16(12)19-17(22)11-20(2)10-13-4-3-5-14(18)9-13/h3-9H,10-11H2,1-2H3,(H,19,22)/p+1. The van der Waals surface area contributed by atoms with Gasteiger partial charge in [-0.25, -0.2) is 4.39 Å². The molecule has 2 rings (SSSR count). The minimum absolute atomic E-state index is 0.0145. The number of nitrogens with zero attached hydrogens (tertiary/aromatic N) is 1. The van der Waals surface area contributed by atoms with Crippen molar-refractivity contribution in [1.29, 1.82) is 0 Å². The number of halogens is 1. The molecule has 6 nitrogen and oxygen atoms in total. The number of nitrogens with one attached hydrogen (secondary N) is 2. The predicted octanol–water partition coefficient (Wildman–Crippen LogP) is 1.70. The average Bonchev–Trinajstić information content (AvgIpc) is 2.48. The third-order valence-corrected chi connectivity index (χ3v) is 3.55. The van der Waals surface area contributed by atoms with Gasteiger partial charge in [-0.3, -0.25) is 14.9 Å². The molecule has 0 fully saturated rings. The van der Waals surface area contributed by atoms with Gasteiger partial charge in [0.05, 0.1) is 12.0 Å². The summed E-state index contributed by atoms with van der Waals surface area (Å²) in [6.07, 6.45) is 0. The second-order valence-electron chi connectivity index (χ2n) is 5.75. The molecule has 1 atom stereocenters. The van der Waals surface area contributed by atoms with E-state index in [0.29, 0.717) is 17.8 Å². The molecule has 0 aromatic heterocycles. The summed E-state index contributed by atoms with van der Waals surface area (Å²) in [4.78, 5) is 23.3. The molecule has 0 spiro atoms. The molecule has 7 heteroatoms. The van der Waals surface area contributed by atoms with Crippen LogP contribution in [0.2, 0.25) is 0 Å². The van der Waals surface area contributed by atoms with Crippen LogP contribution in [0.25, 0.3) is 0 Å². The first kappa shape index (κ1) is 17.6. The molecule has 0 bridgehead atoms. The zero-order chi connectivity index (χ0) is 17.7. The third kappa shape index (κ3) is 4.85. The summed E-state index contributed by atoms with van der Waals surface area (Å²) in [5, 5.41) is 13.5. The maximum Gasteiger partial charge on any atom is 0.279 e. The number of benzene rings is 2. The molecule has 2 aromatic rings. The van der Waals surface area contributed by atoms with Crippen LogP contribution in [0.1, 0.15) is 11.1 Å². The SMILES string of the molecule is Cc1cc([N+](=O)[O-])ccc1NC(=O)C[NH+](C)Cc1cccc(F)c1. The van der Waals surface area contributed by atoms with E-state index in [4.69, 9.17) is 0 Å². The van der Waals surface area contributed by atoms with Crippen molar-refractivity contribution in [3.8, 4) is 0 Å². The first-order valence-corrected chi connectivity index (χ1v) is 7.46. The number of carbonyl (C=O) groups is 1. The molecule has 24 heavy (non-hydrogen) atoms. The van der Waals surface area contributed by atoms with Crippen molar-refractivity contribution in [1.82, 2.24) is 0 Å². The van der Waals surface area contributed by atoms with Crippen molar-refractivity contribution >= 4 is 17.3 Å². The monoisotopic (exact) mass is 332 g/mol. The second kappa shape index (κ2) is 7.65. The summed E-state index contributed by atoms with van der Waals surface area (Å²) in [5.74, 6) is -0.507. The number of anilines is 1. The molecule has 1 unspecified atom stereocenters. The van der Waals surface area contributed by atoms with Gasteiger partial charge < -0.3 is 10.2 Å². The Balaban J connectivity index is 1.94. The molecule has 2 N–H and O–H groups in total. The summed E-state index contributed by atoms with van der Waals surface area (Å²) in [7, 11) is 1.84. The minimum atomic E-state index is -0.477. The van der Waals surface area contributed by atoms with Crippen LogP contribution in [-0.2, 0) is 11.3 Å². The highest BCUT2D eigenvalue weighted by Crippen LogP contribution is 2.20. The van der Waals surface area contributed by atoms with Crippen LogP contribution >= 0.6 is 0 Å². The van der Waals surface area contributed by atoms with Gasteiger partial charge in [-0.05, 0) is 30.7 Å². The zero-order valence-corrected chi connectivity index (χ0v) is 13.5. The molecule has 0 saturated carbocycles. The third-order valence-electron chi connectivity index (χ3n) is 3.55. The Bertz CT molecular complexity index is 764. The molecular weight excluding hydrogens is 313 g/mol. The highest BCUT2D eigenvalue weighted by molar-refractivity contribution is 5.92. The van der Waals surface area contributed by atoms with Gasteiger partial charge in [-0.15, -0.1) is 0 Å². The Morgan fingerprint density at radius 3 is 2.67 bits per heavy atom. The van der Waals surface area contributed by atoms with Crippen molar-refractivity contribution in [2.75, 3.05) is 18.9 Å². The fraction of sp³-hybridized carbons (Fsp3) is 0.235. The smallest absolute Gasteiger partial charge is 0.279 e. The average molecular weight is 332 g/mol. The van der Waals surface area contributed by atoms with Gasteiger partial charge >= 0.3 is 0 Å². The molecule has 0 aliphatic heterocycles. The van der Waals surface area contributed by atoms with Gasteiger partial charge in [0.15, 0.2) is 6.54 Å². The molecule has 0 aliphatic carbocycles. The maximum atomic E-state index is 13.2. The lowest BCUT2D eigenvalue weighted by atomic mass is 10.1. The Morgan fingerprint density at radius 2 is 2.04 bits per heavy atom. The lowest BCUT2D eigenvalue weighted by molar-refractivity contribution is -0.885. The molecule has 1 amide bonds. The summed E-state index contributed by atoms with van der Waals surface area (Å²) in [5.41, 5.74) is 1.97. The number of amides is 1. The number of aryl methyl sites for hydroxylation is 1. The van der Waals surface area contributed by atoms with E-state index < -0.39 is 4.92 Å². The Kier molecular flexibility index (Phi) is 5.59. The quantitative estimate of drug-likeness (QED) is 0.624. The topological polar surface area (TPSA) is 76.7 Å². The second-order valence-corrected chi connectivity index (χ2v) is 5.75. The summed E-state index contributed by atoms with van der Waals surface area (Å²) >= 11 is 0. The largest absolute Gasteiger partial charge is 0.326 e. The van der Waals surface area contributed by atoms with Crippen molar-refractivity contribution in [2.45, 2.75) is 13.5 Å². The van der Waals surface area contributed by atoms with E-state index in [1.807, 2.05) is 13.1 Å². The van der Waals surface area contributed by atoms with Gasteiger partial charge in [-0.1, -0.05) is 12.1 Å². The van der Waals surface area contributed by atoms with Crippen molar-refractivity contribution < 1.29 is 19.0 Å². The fourth-order valence-corrected chi connectivity index (χ4v) is 2.43. The van der Waals surface area contributed by atoms with Crippen LogP contribution in [-0.4, -0.2) is 24.4 Å². The number of nitro groups is 1. The maximum absolute atomic E-state index is 13.2. The van der Waals surface area contributed by atoms with Gasteiger partial charge in [-0.2, -0.15) is 0 Å². The number of hydrogen-bond donors (Lipinski definition) is 2. The van der Waals surface area contributed by atoms with E-state index in [1.165, 1.54) is 30.3 Å². The van der Waals surface area contributed by atoms with Crippen LogP contribution in [0.5, 0.6) is 0 Å². The highest BCUT2D eigenvalue weighted by Gasteiger charge is 2.14. The van der Waals surface area contributed by atoms with Crippen LogP contribution in [0.3, 0.4) is 0 Å². The number of non-ortho nitro benzene ring substituents is 1. The Hall–Kier alpha value is -2.80. The number of carbonyl (C=O) groups excluding carboxylic acids is 1. The summed E-state index contributed by atoms with van der Waals surface area (Å²) in [6.45, 7) is 2.42. The normalized spacial score (nSPS) is 11.8. The predicted molar refractivity (Wildman–Crippen MR) is 88.3 cm³/mol. The van der Waals surface area contributed by atoms with Gasteiger partial charge in [0.25, 0.3) is 11.6 Å².